The first-order chi connectivity index (χ1) is 8.51. The average molecular weight is 256 g/mol. The lowest BCUT2D eigenvalue weighted by Crippen LogP contribution is -2.17. The van der Waals surface area contributed by atoms with E-state index in [9.17, 15) is 9.59 Å². The van der Waals surface area contributed by atoms with Crippen molar-refractivity contribution in [3.05, 3.63) is 11.6 Å². The van der Waals surface area contributed by atoms with Crippen molar-refractivity contribution in [1.82, 2.24) is 0 Å². The maximum absolute atomic E-state index is 11.8. The molecule has 104 valence electrons. The van der Waals surface area contributed by atoms with Crippen LogP contribution < -0.4 is 0 Å². The van der Waals surface area contributed by atoms with Gasteiger partial charge in [-0.2, -0.15) is 0 Å². The van der Waals surface area contributed by atoms with Crippen LogP contribution in [-0.2, 0) is 19.1 Å². The molecule has 0 amide bonds. The molecule has 0 aliphatic carbocycles. The number of unbranched alkanes of at least 4 members (excludes halogenated alkanes) is 1. The average Bonchev–Trinajstić information content (AvgIpc) is 2.35. The normalized spacial score (nSPS) is 11.5. The smallest absolute Gasteiger partial charge is 0.337 e. The van der Waals surface area contributed by atoms with Gasteiger partial charge in [0, 0.05) is 6.42 Å². The summed E-state index contributed by atoms with van der Waals surface area (Å²) in [5.41, 5.74) is 0.430. The van der Waals surface area contributed by atoms with E-state index < -0.39 is 0 Å². The number of allylic oxidation sites excluding steroid dienone is 1. The van der Waals surface area contributed by atoms with Gasteiger partial charge in [-0.25, -0.2) is 4.79 Å². The van der Waals surface area contributed by atoms with Gasteiger partial charge < -0.3 is 9.47 Å². The van der Waals surface area contributed by atoms with E-state index in [1.807, 2.05) is 20.8 Å². The Morgan fingerprint density at radius 2 is 1.83 bits per heavy atom. The minimum atomic E-state index is -0.388. The van der Waals surface area contributed by atoms with E-state index in [0.717, 1.165) is 12.8 Å². The second kappa shape index (κ2) is 9.68. The topological polar surface area (TPSA) is 52.6 Å². The predicted octanol–water partition coefficient (Wildman–Crippen LogP) is 2.87. The van der Waals surface area contributed by atoms with Gasteiger partial charge in [0.15, 0.2) is 0 Å². The summed E-state index contributed by atoms with van der Waals surface area (Å²) in [6.07, 6.45) is 3.80. The second-order valence-electron chi connectivity index (χ2n) is 4.52. The standard InChI is InChI=1S/C14H24O4/c1-5-7-8-12(10-17-13(15)6-2)14(16)18-9-11(3)4/h8,11H,5-7,9-10H2,1-4H3. The Kier molecular flexibility index (Phi) is 8.97. The fourth-order valence-corrected chi connectivity index (χ4v) is 1.12. The van der Waals surface area contributed by atoms with Crippen molar-refractivity contribution in [2.75, 3.05) is 13.2 Å². The van der Waals surface area contributed by atoms with Gasteiger partial charge in [0.1, 0.15) is 6.61 Å². The monoisotopic (exact) mass is 256 g/mol. The van der Waals surface area contributed by atoms with Crippen molar-refractivity contribution < 1.29 is 19.1 Å². The maximum Gasteiger partial charge on any atom is 0.337 e. The molecule has 0 rings (SSSR count). The number of hydrogen-bond donors (Lipinski definition) is 0. The lowest BCUT2D eigenvalue weighted by molar-refractivity contribution is -0.145. The first-order valence-electron chi connectivity index (χ1n) is 6.53. The van der Waals surface area contributed by atoms with Crippen LogP contribution in [0.3, 0.4) is 0 Å². The molecular weight excluding hydrogens is 232 g/mol. The van der Waals surface area contributed by atoms with Gasteiger partial charge >= 0.3 is 11.9 Å². The lowest BCUT2D eigenvalue weighted by Gasteiger charge is -2.10. The molecule has 0 bridgehead atoms. The molecule has 0 saturated carbocycles. The highest BCUT2D eigenvalue weighted by Gasteiger charge is 2.13. The summed E-state index contributed by atoms with van der Waals surface area (Å²) >= 11 is 0. The van der Waals surface area contributed by atoms with Gasteiger partial charge in [0.25, 0.3) is 0 Å². The summed E-state index contributed by atoms with van der Waals surface area (Å²) in [7, 11) is 0. The van der Waals surface area contributed by atoms with E-state index in [2.05, 4.69) is 0 Å². The Morgan fingerprint density at radius 1 is 1.17 bits per heavy atom. The van der Waals surface area contributed by atoms with Crippen LogP contribution in [0, 0.1) is 5.92 Å². The molecule has 18 heavy (non-hydrogen) atoms. The van der Waals surface area contributed by atoms with Crippen molar-refractivity contribution in [1.29, 1.82) is 0 Å². The summed E-state index contributed by atoms with van der Waals surface area (Å²) in [6, 6.07) is 0. The Balaban J connectivity index is 4.38. The summed E-state index contributed by atoms with van der Waals surface area (Å²) in [5.74, 6) is -0.408. The number of ether oxygens (including phenoxy) is 2. The fraction of sp³-hybridized carbons (Fsp3) is 0.714. The van der Waals surface area contributed by atoms with Gasteiger partial charge in [0.05, 0.1) is 12.2 Å². The molecule has 0 unspecified atom stereocenters. The van der Waals surface area contributed by atoms with Crippen LogP contribution in [0.1, 0.15) is 47.0 Å². The number of carbonyl (C=O) groups excluding carboxylic acids is 2. The number of carbonyl (C=O) groups is 2. The van der Waals surface area contributed by atoms with Crippen LogP contribution in [0.4, 0.5) is 0 Å². The summed E-state index contributed by atoms with van der Waals surface area (Å²) in [4.78, 5) is 22.8. The fourth-order valence-electron chi connectivity index (χ4n) is 1.12. The molecule has 0 aliphatic heterocycles. The molecule has 0 radical (unpaired) electrons. The van der Waals surface area contributed by atoms with Crippen LogP contribution in [0.25, 0.3) is 0 Å². The van der Waals surface area contributed by atoms with Crippen molar-refractivity contribution in [3.8, 4) is 0 Å². The third-order valence-corrected chi connectivity index (χ3v) is 2.17. The van der Waals surface area contributed by atoms with Gasteiger partial charge in [-0.1, -0.05) is 40.2 Å². The third-order valence-electron chi connectivity index (χ3n) is 2.17. The zero-order chi connectivity index (χ0) is 14.0. The van der Waals surface area contributed by atoms with Gasteiger partial charge in [0.2, 0.25) is 0 Å². The van der Waals surface area contributed by atoms with Crippen LogP contribution >= 0.6 is 0 Å². The minimum Gasteiger partial charge on any atom is -0.462 e. The van der Waals surface area contributed by atoms with Crippen molar-refractivity contribution in [3.63, 3.8) is 0 Å². The highest BCUT2D eigenvalue weighted by Crippen LogP contribution is 2.06. The van der Waals surface area contributed by atoms with Crippen molar-refractivity contribution in [2.24, 2.45) is 5.92 Å². The molecule has 0 heterocycles. The third kappa shape index (κ3) is 7.87. The molecule has 4 heteroatoms. The molecule has 0 atom stereocenters. The van der Waals surface area contributed by atoms with Crippen LogP contribution in [0.5, 0.6) is 0 Å². The summed E-state index contributed by atoms with van der Waals surface area (Å²) in [5, 5.41) is 0. The lowest BCUT2D eigenvalue weighted by atomic mass is 10.2. The quantitative estimate of drug-likeness (QED) is 0.495. The van der Waals surface area contributed by atoms with Crippen LogP contribution in [0.15, 0.2) is 11.6 Å². The SMILES string of the molecule is CCCC=C(COC(=O)CC)C(=O)OCC(C)C. The van der Waals surface area contributed by atoms with Crippen LogP contribution in [-0.4, -0.2) is 25.2 Å². The highest BCUT2D eigenvalue weighted by atomic mass is 16.5. The Labute approximate surface area is 109 Å². The zero-order valence-corrected chi connectivity index (χ0v) is 11.8. The predicted molar refractivity (Wildman–Crippen MR) is 70.0 cm³/mol. The van der Waals surface area contributed by atoms with Gasteiger partial charge in [-0.3, -0.25) is 4.79 Å². The Morgan fingerprint density at radius 3 is 2.33 bits per heavy atom. The summed E-state index contributed by atoms with van der Waals surface area (Å²) in [6.45, 7) is 8.06. The molecule has 0 aromatic rings. The minimum absolute atomic E-state index is 0.00357. The van der Waals surface area contributed by atoms with E-state index in [-0.39, 0.29) is 18.5 Å². The van der Waals surface area contributed by atoms with Crippen molar-refractivity contribution >= 4 is 11.9 Å². The first kappa shape index (κ1) is 16.7. The Hall–Kier alpha value is -1.32. The van der Waals surface area contributed by atoms with E-state index in [4.69, 9.17) is 9.47 Å². The summed E-state index contributed by atoms with van der Waals surface area (Å²) < 4.78 is 10.1. The molecule has 0 aliphatic rings. The van der Waals surface area contributed by atoms with E-state index in [0.29, 0.717) is 24.5 Å². The maximum atomic E-state index is 11.8. The molecule has 0 fully saturated rings. The van der Waals surface area contributed by atoms with Gasteiger partial charge in [-0.05, 0) is 12.3 Å². The number of esters is 2. The number of rotatable bonds is 8. The molecule has 0 spiro atoms. The second-order valence-corrected chi connectivity index (χ2v) is 4.52. The molecular formula is C14H24O4. The Bertz CT molecular complexity index is 292. The highest BCUT2D eigenvalue weighted by molar-refractivity contribution is 5.89. The molecule has 4 nitrogen and oxygen atoms in total. The number of hydrogen-bond acceptors (Lipinski definition) is 4. The zero-order valence-electron chi connectivity index (χ0n) is 11.8. The van der Waals surface area contributed by atoms with Crippen molar-refractivity contribution in [2.45, 2.75) is 47.0 Å². The molecule has 0 N–H and O–H groups in total. The largest absolute Gasteiger partial charge is 0.462 e. The van der Waals surface area contributed by atoms with E-state index in [1.54, 1.807) is 13.0 Å². The van der Waals surface area contributed by atoms with E-state index in [1.165, 1.54) is 0 Å². The molecule has 0 saturated heterocycles. The first-order valence-corrected chi connectivity index (χ1v) is 6.53. The van der Waals surface area contributed by atoms with E-state index >= 15 is 0 Å². The molecule has 0 aromatic heterocycles. The van der Waals surface area contributed by atoms with Gasteiger partial charge in [-0.15, -0.1) is 0 Å². The van der Waals surface area contributed by atoms with Crippen LogP contribution in [0.2, 0.25) is 0 Å². The molecule has 0 aromatic carbocycles.